The minimum absolute atomic E-state index is 0.0587. The lowest BCUT2D eigenvalue weighted by molar-refractivity contribution is 0.0696. The van der Waals surface area contributed by atoms with Crippen molar-refractivity contribution in [3.63, 3.8) is 0 Å². The lowest BCUT2D eigenvalue weighted by Gasteiger charge is -2.05. The fourth-order valence-corrected chi connectivity index (χ4v) is 2.22. The topological polar surface area (TPSA) is 37.3 Å². The van der Waals surface area contributed by atoms with Crippen LogP contribution in [-0.2, 0) is 0 Å². The number of benzene rings is 2. The van der Waals surface area contributed by atoms with Gasteiger partial charge in [-0.15, -0.1) is 0 Å². The van der Waals surface area contributed by atoms with Gasteiger partial charge in [0, 0.05) is 15.9 Å². The van der Waals surface area contributed by atoms with E-state index >= 15 is 0 Å². The van der Waals surface area contributed by atoms with E-state index in [1.807, 2.05) is 0 Å². The van der Waals surface area contributed by atoms with Crippen LogP contribution < -0.4 is 0 Å². The van der Waals surface area contributed by atoms with Gasteiger partial charge in [-0.1, -0.05) is 11.8 Å². The quantitative estimate of drug-likeness (QED) is 0.927. The Hall–Kier alpha value is -1.95. The summed E-state index contributed by atoms with van der Waals surface area (Å²) >= 11 is 0.760. The average molecular weight is 284 g/mol. The van der Waals surface area contributed by atoms with Crippen LogP contribution in [0.15, 0.2) is 46.2 Å². The number of halogens is 3. The number of carboxylic acids is 1. The van der Waals surface area contributed by atoms with Crippen LogP contribution in [0, 0.1) is 17.5 Å². The van der Waals surface area contributed by atoms with Gasteiger partial charge in [-0.2, -0.15) is 0 Å². The molecule has 0 aliphatic rings. The van der Waals surface area contributed by atoms with Gasteiger partial charge in [0.15, 0.2) is 0 Å². The molecule has 0 bridgehead atoms. The molecule has 0 radical (unpaired) electrons. The van der Waals surface area contributed by atoms with Gasteiger partial charge in [-0.25, -0.2) is 18.0 Å². The fraction of sp³-hybridized carbons (Fsp3) is 0. The standard InChI is InChI=1S/C13H7F3O2S/c14-8-2-4-12(10(16)6-8)19-11-3-1-7(13(17)18)5-9(11)15/h1-6H,(H,17,18). The van der Waals surface area contributed by atoms with Crippen molar-refractivity contribution < 1.29 is 23.1 Å². The Labute approximate surface area is 110 Å². The molecule has 0 atom stereocenters. The molecule has 0 saturated heterocycles. The molecule has 0 unspecified atom stereocenters. The molecule has 0 aliphatic heterocycles. The highest BCUT2D eigenvalue weighted by atomic mass is 32.2. The maximum Gasteiger partial charge on any atom is 0.335 e. The van der Waals surface area contributed by atoms with E-state index in [2.05, 4.69) is 0 Å². The summed E-state index contributed by atoms with van der Waals surface area (Å²) in [6.07, 6.45) is 0. The van der Waals surface area contributed by atoms with Crippen LogP contribution in [0.3, 0.4) is 0 Å². The normalized spacial score (nSPS) is 10.5. The lowest BCUT2D eigenvalue weighted by Crippen LogP contribution is -1.97. The molecule has 0 amide bonds. The smallest absolute Gasteiger partial charge is 0.335 e. The molecule has 98 valence electrons. The molecule has 2 nitrogen and oxygen atoms in total. The van der Waals surface area contributed by atoms with E-state index in [0.717, 1.165) is 23.9 Å². The summed E-state index contributed by atoms with van der Waals surface area (Å²) in [6.45, 7) is 0. The Kier molecular flexibility index (Phi) is 3.80. The first kappa shape index (κ1) is 13.5. The second-order valence-corrected chi connectivity index (χ2v) is 4.71. The summed E-state index contributed by atoms with van der Waals surface area (Å²) in [4.78, 5) is 10.8. The van der Waals surface area contributed by atoms with Crippen LogP contribution in [0.5, 0.6) is 0 Å². The van der Waals surface area contributed by atoms with Crippen LogP contribution in [-0.4, -0.2) is 11.1 Å². The molecule has 0 aliphatic carbocycles. The maximum atomic E-state index is 13.6. The Balaban J connectivity index is 2.31. The van der Waals surface area contributed by atoms with E-state index in [-0.39, 0.29) is 15.4 Å². The third kappa shape index (κ3) is 3.08. The second kappa shape index (κ2) is 5.36. The van der Waals surface area contributed by atoms with Crippen LogP contribution in [0.25, 0.3) is 0 Å². The highest BCUT2D eigenvalue weighted by Crippen LogP contribution is 2.32. The summed E-state index contributed by atoms with van der Waals surface area (Å²) in [6, 6.07) is 6.27. The first-order valence-corrected chi connectivity index (χ1v) is 5.95. The van der Waals surface area contributed by atoms with Crippen molar-refractivity contribution in [3.05, 3.63) is 59.4 Å². The number of hydrogen-bond donors (Lipinski definition) is 1. The summed E-state index contributed by atoms with van der Waals surface area (Å²) in [5.74, 6) is -3.53. The minimum atomic E-state index is -1.25. The van der Waals surface area contributed by atoms with E-state index in [1.54, 1.807) is 0 Å². The number of carboxylic acid groups (broad SMARTS) is 1. The maximum absolute atomic E-state index is 13.6. The third-order valence-electron chi connectivity index (χ3n) is 2.29. The first-order chi connectivity index (χ1) is 8.97. The number of aromatic carboxylic acids is 1. The summed E-state index contributed by atoms with van der Waals surface area (Å²) in [5, 5.41) is 8.69. The van der Waals surface area contributed by atoms with Gasteiger partial charge in [0.1, 0.15) is 17.5 Å². The Morgan fingerprint density at radius 1 is 0.947 bits per heavy atom. The minimum Gasteiger partial charge on any atom is -0.478 e. The van der Waals surface area contributed by atoms with E-state index < -0.39 is 23.4 Å². The fourth-order valence-electron chi connectivity index (χ4n) is 1.39. The van der Waals surface area contributed by atoms with Gasteiger partial charge in [-0.3, -0.25) is 0 Å². The molecule has 2 rings (SSSR count). The summed E-state index contributed by atoms with van der Waals surface area (Å²) < 4.78 is 39.7. The molecule has 0 saturated carbocycles. The van der Waals surface area contributed by atoms with Crippen molar-refractivity contribution in [2.75, 3.05) is 0 Å². The summed E-state index contributed by atoms with van der Waals surface area (Å²) in [5.41, 5.74) is -0.193. The third-order valence-corrected chi connectivity index (χ3v) is 3.39. The lowest BCUT2D eigenvalue weighted by atomic mass is 10.2. The van der Waals surface area contributed by atoms with Crippen LogP contribution in [0.1, 0.15) is 10.4 Å². The van der Waals surface area contributed by atoms with Gasteiger partial charge in [-0.05, 0) is 30.3 Å². The summed E-state index contributed by atoms with van der Waals surface area (Å²) in [7, 11) is 0. The average Bonchev–Trinajstić information content (AvgIpc) is 2.34. The molecule has 0 aromatic heterocycles. The van der Waals surface area contributed by atoms with E-state index in [4.69, 9.17) is 5.11 Å². The molecule has 0 heterocycles. The predicted octanol–water partition coefficient (Wildman–Crippen LogP) is 3.95. The van der Waals surface area contributed by atoms with Crippen molar-refractivity contribution in [1.82, 2.24) is 0 Å². The number of hydrogen-bond acceptors (Lipinski definition) is 2. The van der Waals surface area contributed by atoms with Gasteiger partial charge in [0.2, 0.25) is 0 Å². The Bertz CT molecular complexity index is 644. The van der Waals surface area contributed by atoms with Gasteiger partial charge >= 0.3 is 5.97 Å². The molecule has 0 fully saturated rings. The molecule has 1 N–H and O–H groups in total. The van der Waals surface area contributed by atoms with Gasteiger partial charge < -0.3 is 5.11 Å². The van der Waals surface area contributed by atoms with Crippen molar-refractivity contribution in [1.29, 1.82) is 0 Å². The number of rotatable bonds is 3. The highest BCUT2D eigenvalue weighted by Gasteiger charge is 2.12. The largest absolute Gasteiger partial charge is 0.478 e. The molecule has 6 heteroatoms. The van der Waals surface area contributed by atoms with E-state index in [9.17, 15) is 18.0 Å². The zero-order valence-corrected chi connectivity index (χ0v) is 10.2. The predicted molar refractivity (Wildman–Crippen MR) is 63.8 cm³/mol. The zero-order chi connectivity index (χ0) is 14.0. The van der Waals surface area contributed by atoms with Gasteiger partial charge in [0.05, 0.1) is 5.56 Å². The molecule has 2 aromatic rings. The van der Waals surface area contributed by atoms with Crippen molar-refractivity contribution >= 4 is 17.7 Å². The van der Waals surface area contributed by atoms with Crippen LogP contribution in [0.4, 0.5) is 13.2 Å². The SMILES string of the molecule is O=C(O)c1ccc(Sc2ccc(F)cc2F)c(F)c1. The van der Waals surface area contributed by atoms with Crippen LogP contribution in [0.2, 0.25) is 0 Å². The Morgan fingerprint density at radius 3 is 2.05 bits per heavy atom. The number of carbonyl (C=O) groups is 1. The van der Waals surface area contributed by atoms with Crippen molar-refractivity contribution in [2.45, 2.75) is 9.79 Å². The van der Waals surface area contributed by atoms with E-state index in [0.29, 0.717) is 6.07 Å². The zero-order valence-electron chi connectivity index (χ0n) is 9.36. The highest BCUT2D eigenvalue weighted by molar-refractivity contribution is 7.99. The van der Waals surface area contributed by atoms with Crippen molar-refractivity contribution in [3.8, 4) is 0 Å². The van der Waals surface area contributed by atoms with Crippen LogP contribution >= 0.6 is 11.8 Å². The molecular formula is C13H7F3O2S. The second-order valence-electron chi connectivity index (χ2n) is 3.63. The molecule has 0 spiro atoms. The van der Waals surface area contributed by atoms with Gasteiger partial charge in [0.25, 0.3) is 0 Å². The monoisotopic (exact) mass is 284 g/mol. The molecule has 2 aromatic carbocycles. The van der Waals surface area contributed by atoms with E-state index in [1.165, 1.54) is 18.2 Å². The molecule has 19 heavy (non-hydrogen) atoms. The first-order valence-electron chi connectivity index (χ1n) is 5.13. The molecular weight excluding hydrogens is 277 g/mol. The van der Waals surface area contributed by atoms with Crippen molar-refractivity contribution in [2.24, 2.45) is 0 Å². The Morgan fingerprint density at radius 2 is 1.53 bits per heavy atom.